The normalized spacial score (nSPS) is 11.0. The van der Waals surface area contributed by atoms with Gasteiger partial charge in [0.1, 0.15) is 5.82 Å². The molecule has 0 unspecified atom stereocenters. The minimum atomic E-state index is -0.312. The van der Waals surface area contributed by atoms with Crippen molar-refractivity contribution in [3.8, 4) is 11.3 Å². The molecule has 0 aliphatic heterocycles. The van der Waals surface area contributed by atoms with Crippen LogP contribution in [0.5, 0.6) is 0 Å². The van der Waals surface area contributed by atoms with E-state index in [-0.39, 0.29) is 17.8 Å². The molecule has 0 spiro atoms. The van der Waals surface area contributed by atoms with E-state index >= 15 is 0 Å². The molecule has 4 nitrogen and oxygen atoms in total. The highest BCUT2D eigenvalue weighted by Crippen LogP contribution is 2.28. The van der Waals surface area contributed by atoms with Gasteiger partial charge in [0, 0.05) is 23.2 Å². The average Bonchev–Trinajstić information content (AvgIpc) is 2.74. The fourth-order valence-corrected chi connectivity index (χ4v) is 3.40. The quantitative estimate of drug-likeness (QED) is 0.467. The third-order valence-corrected chi connectivity index (χ3v) is 4.75. The number of aromatic nitrogens is 2. The van der Waals surface area contributed by atoms with Crippen molar-refractivity contribution in [1.29, 1.82) is 0 Å². The number of benzene rings is 2. The van der Waals surface area contributed by atoms with Crippen LogP contribution in [0.2, 0.25) is 0 Å². The summed E-state index contributed by atoms with van der Waals surface area (Å²) in [6, 6.07) is 19.1. The molecule has 4 rings (SSSR count). The van der Waals surface area contributed by atoms with Crippen LogP contribution >= 0.6 is 0 Å². The second-order valence-corrected chi connectivity index (χ2v) is 7.06. The lowest BCUT2D eigenvalue weighted by atomic mass is 10.0. The smallest absolute Gasteiger partial charge is 0.259 e. The van der Waals surface area contributed by atoms with E-state index in [4.69, 9.17) is 0 Å². The van der Waals surface area contributed by atoms with Gasteiger partial charge in [0.25, 0.3) is 5.91 Å². The Morgan fingerprint density at radius 2 is 1.76 bits per heavy atom. The first-order valence-electron chi connectivity index (χ1n) is 9.44. The zero-order valence-electron chi connectivity index (χ0n) is 16.2. The van der Waals surface area contributed by atoms with Crippen LogP contribution in [0.3, 0.4) is 0 Å². The lowest BCUT2D eigenvalue weighted by molar-refractivity contribution is 0.0981. The molecule has 0 fully saturated rings. The summed E-state index contributed by atoms with van der Waals surface area (Å²) < 4.78 is 13.4. The highest BCUT2D eigenvalue weighted by atomic mass is 19.1. The summed E-state index contributed by atoms with van der Waals surface area (Å²) in [5.74, 6) is -0.441. The molecule has 0 aliphatic carbocycles. The molecule has 144 valence electrons. The lowest BCUT2D eigenvalue weighted by Crippen LogP contribution is -2.37. The summed E-state index contributed by atoms with van der Waals surface area (Å²) in [4.78, 5) is 24.2. The Bertz CT molecular complexity index is 1160. The number of fused-ring (bicyclic) bond motifs is 1. The number of hydrogen-bond donors (Lipinski definition) is 0. The Kier molecular flexibility index (Phi) is 5.04. The Hall–Kier alpha value is -3.60. The van der Waals surface area contributed by atoms with E-state index in [0.29, 0.717) is 16.8 Å². The van der Waals surface area contributed by atoms with Gasteiger partial charge in [-0.3, -0.25) is 9.78 Å². The number of nitrogens with zero attached hydrogens (tertiary/aromatic N) is 3. The maximum atomic E-state index is 13.6. The SMILES string of the molecule is CC(C)N(C(=O)c1cc(-c2ccc(F)cc2)nc2ccccc12)c1cccnc1. The van der Waals surface area contributed by atoms with Gasteiger partial charge in [-0.25, -0.2) is 9.37 Å². The molecule has 2 heterocycles. The fourth-order valence-electron chi connectivity index (χ4n) is 3.40. The monoisotopic (exact) mass is 385 g/mol. The molecule has 0 atom stereocenters. The predicted octanol–water partition coefficient (Wildman–Crippen LogP) is 5.49. The number of anilines is 1. The number of halogens is 1. The number of amides is 1. The van der Waals surface area contributed by atoms with Crippen molar-refractivity contribution in [2.24, 2.45) is 0 Å². The van der Waals surface area contributed by atoms with Gasteiger partial charge < -0.3 is 4.90 Å². The molecule has 0 aliphatic rings. The summed E-state index contributed by atoms with van der Waals surface area (Å²) >= 11 is 0. The van der Waals surface area contributed by atoms with Gasteiger partial charge in [-0.05, 0) is 62.4 Å². The van der Waals surface area contributed by atoms with E-state index in [1.54, 1.807) is 35.5 Å². The molecule has 29 heavy (non-hydrogen) atoms. The fraction of sp³-hybridized carbons (Fsp3) is 0.125. The molecular weight excluding hydrogens is 365 g/mol. The molecule has 0 radical (unpaired) electrons. The Balaban J connectivity index is 1.89. The van der Waals surface area contributed by atoms with E-state index in [0.717, 1.165) is 16.6 Å². The van der Waals surface area contributed by atoms with E-state index < -0.39 is 0 Å². The van der Waals surface area contributed by atoms with Crippen molar-refractivity contribution in [3.63, 3.8) is 0 Å². The first kappa shape index (κ1) is 18.7. The first-order chi connectivity index (χ1) is 14.0. The van der Waals surface area contributed by atoms with Gasteiger partial charge in [0.2, 0.25) is 0 Å². The zero-order chi connectivity index (χ0) is 20.4. The van der Waals surface area contributed by atoms with Gasteiger partial charge in [0.15, 0.2) is 0 Å². The van der Waals surface area contributed by atoms with Crippen molar-refractivity contribution in [3.05, 3.63) is 90.5 Å². The van der Waals surface area contributed by atoms with Crippen LogP contribution in [-0.2, 0) is 0 Å². The number of carbonyl (C=O) groups excluding carboxylic acids is 1. The van der Waals surface area contributed by atoms with E-state index in [1.807, 2.05) is 50.2 Å². The molecule has 0 N–H and O–H groups in total. The van der Waals surface area contributed by atoms with Gasteiger partial charge in [-0.2, -0.15) is 0 Å². The summed E-state index contributed by atoms with van der Waals surface area (Å²) in [5.41, 5.74) is 3.38. The molecule has 0 saturated heterocycles. The molecule has 0 bridgehead atoms. The summed E-state index contributed by atoms with van der Waals surface area (Å²) in [5, 5.41) is 0.776. The zero-order valence-corrected chi connectivity index (χ0v) is 16.2. The van der Waals surface area contributed by atoms with Gasteiger partial charge in [-0.1, -0.05) is 18.2 Å². The Morgan fingerprint density at radius 3 is 2.45 bits per heavy atom. The molecular formula is C24H20FN3O. The van der Waals surface area contributed by atoms with Crippen LogP contribution < -0.4 is 4.90 Å². The number of carbonyl (C=O) groups is 1. The number of hydrogen-bond acceptors (Lipinski definition) is 3. The summed E-state index contributed by atoms with van der Waals surface area (Å²) in [6.07, 6.45) is 3.36. The molecule has 1 amide bonds. The van der Waals surface area contributed by atoms with Gasteiger partial charge in [-0.15, -0.1) is 0 Å². The summed E-state index contributed by atoms with van der Waals surface area (Å²) in [6.45, 7) is 3.93. The van der Waals surface area contributed by atoms with Crippen LogP contribution in [0, 0.1) is 5.82 Å². The topological polar surface area (TPSA) is 46.1 Å². The molecule has 2 aromatic heterocycles. The van der Waals surface area contributed by atoms with Crippen molar-refractivity contribution in [2.75, 3.05) is 4.90 Å². The first-order valence-corrected chi connectivity index (χ1v) is 9.44. The van der Waals surface area contributed by atoms with Crippen LogP contribution in [0.15, 0.2) is 79.1 Å². The summed E-state index contributed by atoms with van der Waals surface area (Å²) in [7, 11) is 0. The maximum absolute atomic E-state index is 13.6. The lowest BCUT2D eigenvalue weighted by Gasteiger charge is -2.27. The third kappa shape index (κ3) is 3.72. The van der Waals surface area contributed by atoms with E-state index in [2.05, 4.69) is 9.97 Å². The van der Waals surface area contributed by atoms with Crippen LogP contribution in [0.25, 0.3) is 22.2 Å². The molecule has 5 heteroatoms. The van der Waals surface area contributed by atoms with E-state index in [1.165, 1.54) is 12.1 Å². The number of rotatable bonds is 4. The highest BCUT2D eigenvalue weighted by molar-refractivity contribution is 6.14. The average molecular weight is 385 g/mol. The number of para-hydroxylation sites is 1. The highest BCUT2D eigenvalue weighted by Gasteiger charge is 2.23. The molecule has 2 aromatic carbocycles. The predicted molar refractivity (Wildman–Crippen MR) is 113 cm³/mol. The maximum Gasteiger partial charge on any atom is 0.259 e. The molecule has 4 aromatic rings. The Morgan fingerprint density at radius 1 is 1.00 bits per heavy atom. The van der Waals surface area contributed by atoms with Crippen molar-refractivity contribution in [2.45, 2.75) is 19.9 Å². The number of pyridine rings is 2. The van der Waals surface area contributed by atoms with Gasteiger partial charge >= 0.3 is 0 Å². The van der Waals surface area contributed by atoms with Crippen molar-refractivity contribution >= 4 is 22.5 Å². The van der Waals surface area contributed by atoms with Crippen molar-refractivity contribution < 1.29 is 9.18 Å². The van der Waals surface area contributed by atoms with Crippen LogP contribution in [-0.4, -0.2) is 21.9 Å². The standard InChI is InChI=1S/C24H20FN3O/c1-16(2)28(19-6-5-13-26-15-19)24(29)21-14-23(17-9-11-18(25)12-10-17)27-22-8-4-3-7-20(21)22/h3-16H,1-2H3. The van der Waals surface area contributed by atoms with E-state index in [9.17, 15) is 9.18 Å². The Labute approximate surface area is 168 Å². The second kappa shape index (κ2) is 7.80. The van der Waals surface area contributed by atoms with Crippen LogP contribution in [0.1, 0.15) is 24.2 Å². The largest absolute Gasteiger partial charge is 0.304 e. The third-order valence-electron chi connectivity index (χ3n) is 4.75. The van der Waals surface area contributed by atoms with Crippen LogP contribution in [0.4, 0.5) is 10.1 Å². The van der Waals surface area contributed by atoms with Gasteiger partial charge in [0.05, 0.1) is 28.7 Å². The minimum absolute atomic E-state index is 0.0621. The second-order valence-electron chi connectivity index (χ2n) is 7.06. The van der Waals surface area contributed by atoms with Crippen molar-refractivity contribution in [1.82, 2.24) is 9.97 Å². The molecule has 0 saturated carbocycles. The minimum Gasteiger partial charge on any atom is -0.304 e.